The second-order valence-electron chi connectivity index (χ2n) is 8.03. The van der Waals surface area contributed by atoms with E-state index in [1.807, 2.05) is 42.5 Å². The number of nitrogens with one attached hydrogen (secondary N) is 1. The molecule has 0 aliphatic carbocycles. The van der Waals surface area contributed by atoms with Crippen LogP contribution in [0.1, 0.15) is 29.0 Å². The van der Waals surface area contributed by atoms with Crippen molar-refractivity contribution < 1.29 is 18.7 Å². The summed E-state index contributed by atoms with van der Waals surface area (Å²) in [6.07, 6.45) is 3.41. The van der Waals surface area contributed by atoms with E-state index in [4.69, 9.17) is 19.6 Å². The number of hydrogen-bond donors (Lipinski definition) is 2. The van der Waals surface area contributed by atoms with Crippen LogP contribution in [0.4, 0.5) is 11.5 Å². The molecule has 0 spiro atoms. The third-order valence-corrected chi connectivity index (χ3v) is 5.69. The molecule has 2 aromatic carbocycles. The third-order valence-electron chi connectivity index (χ3n) is 5.69. The first-order valence-electron chi connectivity index (χ1n) is 10.9. The van der Waals surface area contributed by atoms with Crippen LogP contribution >= 0.6 is 0 Å². The molecule has 2 aromatic heterocycles. The average molecular weight is 454 g/mol. The number of rotatable bonds is 6. The summed E-state index contributed by atoms with van der Waals surface area (Å²) in [6, 6.07) is 18.7. The maximum absolute atomic E-state index is 11.4. The lowest BCUT2D eigenvalue weighted by Gasteiger charge is -2.23. The number of carbonyl (C=O) groups is 1. The van der Waals surface area contributed by atoms with Crippen molar-refractivity contribution >= 4 is 28.4 Å². The molecular weight excluding hydrogens is 432 g/mol. The topological polar surface area (TPSA) is 123 Å². The highest BCUT2D eigenvalue weighted by atomic mass is 16.5. The Bertz CT molecular complexity index is 1400. The Morgan fingerprint density at radius 2 is 1.91 bits per heavy atom. The van der Waals surface area contributed by atoms with Gasteiger partial charge in [-0.3, -0.25) is 4.79 Å². The number of primary amides is 1. The van der Waals surface area contributed by atoms with Gasteiger partial charge in [-0.1, -0.05) is 6.07 Å². The molecular formula is C26H22N4O4. The fraction of sp³-hybridized carbons (Fsp3) is 0.192. The molecule has 8 heteroatoms. The van der Waals surface area contributed by atoms with Crippen molar-refractivity contribution in [2.45, 2.75) is 18.9 Å². The first kappa shape index (κ1) is 21.5. The van der Waals surface area contributed by atoms with Crippen LogP contribution in [0.15, 0.2) is 65.2 Å². The van der Waals surface area contributed by atoms with Gasteiger partial charge < -0.3 is 24.9 Å². The Hall–Kier alpha value is -4.35. The molecule has 0 bridgehead atoms. The number of benzene rings is 2. The van der Waals surface area contributed by atoms with Crippen LogP contribution in [0.2, 0.25) is 0 Å². The Morgan fingerprint density at radius 3 is 2.71 bits per heavy atom. The number of aromatic nitrogens is 1. The van der Waals surface area contributed by atoms with E-state index in [0.717, 1.165) is 35.0 Å². The average Bonchev–Trinajstić information content (AvgIpc) is 3.29. The van der Waals surface area contributed by atoms with Gasteiger partial charge >= 0.3 is 0 Å². The van der Waals surface area contributed by atoms with E-state index in [-0.39, 0.29) is 11.9 Å². The normalized spacial score (nSPS) is 14.0. The number of carbonyl (C=O) groups excluding carboxylic acids is 1. The van der Waals surface area contributed by atoms with Gasteiger partial charge in [0.05, 0.1) is 18.8 Å². The molecule has 1 saturated heterocycles. The summed E-state index contributed by atoms with van der Waals surface area (Å²) in [7, 11) is 0. The zero-order chi connectivity index (χ0) is 23.5. The maximum Gasteiger partial charge on any atom is 0.284 e. The molecule has 1 fully saturated rings. The summed E-state index contributed by atoms with van der Waals surface area (Å²) in [6.45, 7) is 1.36. The predicted octanol–water partition coefficient (Wildman–Crippen LogP) is 4.77. The standard InChI is InChI=1S/C26H22N4O4/c27-15-19-11-16(1-3-23(19)33-21-6-9-32-10-7-21)17-5-8-29-25(14-17)30-20-2-4-22-18(12-20)13-24(34-22)26(28)31/h1-5,8,11-14,21H,6-7,9-10H2,(H2,28,31)(H,29,30). The van der Waals surface area contributed by atoms with Gasteiger partial charge in [0.15, 0.2) is 5.76 Å². The van der Waals surface area contributed by atoms with Gasteiger partial charge in [-0.2, -0.15) is 5.26 Å². The van der Waals surface area contributed by atoms with E-state index in [1.54, 1.807) is 18.3 Å². The summed E-state index contributed by atoms with van der Waals surface area (Å²) in [5.74, 6) is 0.733. The zero-order valence-corrected chi connectivity index (χ0v) is 18.3. The van der Waals surface area contributed by atoms with E-state index in [9.17, 15) is 10.1 Å². The zero-order valence-electron chi connectivity index (χ0n) is 18.3. The molecule has 1 amide bonds. The number of hydrogen-bond acceptors (Lipinski definition) is 7. The van der Waals surface area contributed by atoms with Crippen LogP contribution in [0.25, 0.3) is 22.1 Å². The molecule has 1 aliphatic heterocycles. The van der Waals surface area contributed by atoms with E-state index in [0.29, 0.717) is 35.9 Å². The van der Waals surface area contributed by atoms with Crippen LogP contribution < -0.4 is 15.8 Å². The number of ether oxygens (including phenoxy) is 2. The van der Waals surface area contributed by atoms with Crippen molar-refractivity contribution in [2.24, 2.45) is 5.73 Å². The molecule has 3 heterocycles. The Kier molecular flexibility index (Phi) is 5.85. The monoisotopic (exact) mass is 454 g/mol. The SMILES string of the molecule is N#Cc1cc(-c2ccnc(Nc3ccc4oc(C(N)=O)cc4c3)c2)ccc1OC1CCOCC1. The number of amides is 1. The number of furan rings is 1. The minimum Gasteiger partial charge on any atom is -0.489 e. The molecule has 0 saturated carbocycles. The number of fused-ring (bicyclic) bond motifs is 1. The molecule has 0 radical (unpaired) electrons. The highest BCUT2D eigenvalue weighted by Gasteiger charge is 2.17. The second-order valence-corrected chi connectivity index (χ2v) is 8.03. The summed E-state index contributed by atoms with van der Waals surface area (Å²) in [5, 5.41) is 13.7. The van der Waals surface area contributed by atoms with E-state index in [1.165, 1.54) is 0 Å². The molecule has 0 atom stereocenters. The smallest absolute Gasteiger partial charge is 0.284 e. The first-order valence-corrected chi connectivity index (χ1v) is 10.9. The van der Waals surface area contributed by atoms with Gasteiger partial charge in [0.1, 0.15) is 29.3 Å². The second kappa shape index (κ2) is 9.25. The van der Waals surface area contributed by atoms with Crippen molar-refractivity contribution in [1.29, 1.82) is 5.26 Å². The number of nitriles is 1. The van der Waals surface area contributed by atoms with Crippen molar-refractivity contribution in [3.05, 3.63) is 72.1 Å². The number of pyridine rings is 1. The van der Waals surface area contributed by atoms with E-state index in [2.05, 4.69) is 16.4 Å². The highest BCUT2D eigenvalue weighted by Crippen LogP contribution is 2.30. The molecule has 1 aliphatic rings. The summed E-state index contributed by atoms with van der Waals surface area (Å²) in [5.41, 5.74) is 8.95. The Morgan fingerprint density at radius 1 is 1.09 bits per heavy atom. The summed E-state index contributed by atoms with van der Waals surface area (Å²) in [4.78, 5) is 15.8. The first-order chi connectivity index (χ1) is 16.6. The largest absolute Gasteiger partial charge is 0.489 e. The minimum atomic E-state index is -0.610. The summed E-state index contributed by atoms with van der Waals surface area (Å²) < 4.78 is 16.9. The number of nitrogens with zero attached hydrogens (tertiary/aromatic N) is 2. The quantitative estimate of drug-likeness (QED) is 0.430. The molecule has 5 rings (SSSR count). The molecule has 34 heavy (non-hydrogen) atoms. The molecule has 3 N–H and O–H groups in total. The predicted molar refractivity (Wildman–Crippen MR) is 127 cm³/mol. The minimum absolute atomic E-state index is 0.0649. The highest BCUT2D eigenvalue weighted by molar-refractivity contribution is 5.95. The van der Waals surface area contributed by atoms with Crippen molar-refractivity contribution in [3.8, 4) is 22.9 Å². The molecule has 170 valence electrons. The lowest BCUT2D eigenvalue weighted by atomic mass is 10.0. The number of anilines is 2. The molecule has 0 unspecified atom stereocenters. The number of nitrogens with two attached hydrogens (primary N) is 1. The summed E-state index contributed by atoms with van der Waals surface area (Å²) >= 11 is 0. The van der Waals surface area contributed by atoms with E-state index >= 15 is 0 Å². The van der Waals surface area contributed by atoms with Gasteiger partial charge in [0.25, 0.3) is 5.91 Å². The van der Waals surface area contributed by atoms with Crippen LogP contribution in [0.3, 0.4) is 0 Å². The van der Waals surface area contributed by atoms with Gasteiger partial charge in [0.2, 0.25) is 0 Å². The fourth-order valence-electron chi connectivity index (χ4n) is 3.94. The van der Waals surface area contributed by atoms with Crippen LogP contribution in [-0.4, -0.2) is 30.2 Å². The Balaban J connectivity index is 1.37. The van der Waals surface area contributed by atoms with Crippen LogP contribution in [0.5, 0.6) is 5.75 Å². The fourth-order valence-corrected chi connectivity index (χ4v) is 3.94. The van der Waals surface area contributed by atoms with Gasteiger partial charge in [-0.25, -0.2) is 4.98 Å². The molecule has 8 nitrogen and oxygen atoms in total. The van der Waals surface area contributed by atoms with Crippen molar-refractivity contribution in [2.75, 3.05) is 18.5 Å². The van der Waals surface area contributed by atoms with Crippen LogP contribution in [0, 0.1) is 11.3 Å². The third kappa shape index (κ3) is 4.56. The van der Waals surface area contributed by atoms with Crippen molar-refractivity contribution in [1.82, 2.24) is 4.98 Å². The van der Waals surface area contributed by atoms with Gasteiger partial charge in [0, 0.05) is 30.1 Å². The lowest BCUT2D eigenvalue weighted by molar-refractivity contribution is 0.0254. The van der Waals surface area contributed by atoms with Crippen molar-refractivity contribution in [3.63, 3.8) is 0 Å². The maximum atomic E-state index is 11.4. The van der Waals surface area contributed by atoms with Crippen LogP contribution in [-0.2, 0) is 4.74 Å². The van der Waals surface area contributed by atoms with Gasteiger partial charge in [-0.05, 0) is 59.7 Å². The van der Waals surface area contributed by atoms with Gasteiger partial charge in [-0.15, -0.1) is 0 Å². The van der Waals surface area contributed by atoms with E-state index < -0.39 is 5.91 Å². The molecule has 4 aromatic rings. The Labute approximate surface area is 195 Å². The lowest BCUT2D eigenvalue weighted by Crippen LogP contribution is -2.26.